The van der Waals surface area contributed by atoms with Gasteiger partial charge in [0.15, 0.2) is 0 Å². The molecule has 90 valence electrons. The summed E-state index contributed by atoms with van der Waals surface area (Å²) in [4.78, 5) is 21.6. The van der Waals surface area contributed by atoms with Crippen LogP contribution in [-0.2, 0) is 18.6 Å². The molecule has 3 nitrogen and oxygen atoms in total. The second-order valence-electron chi connectivity index (χ2n) is 4.70. The van der Waals surface area contributed by atoms with Gasteiger partial charge in [-0.05, 0) is 30.7 Å². The van der Waals surface area contributed by atoms with Gasteiger partial charge in [0.1, 0.15) is 10.7 Å². The third-order valence-corrected chi connectivity index (χ3v) is 4.81. The van der Waals surface area contributed by atoms with Gasteiger partial charge in [-0.1, -0.05) is 6.92 Å². The molecule has 0 fully saturated rings. The molecule has 0 aromatic carbocycles. The van der Waals surface area contributed by atoms with Crippen molar-refractivity contribution in [3.05, 3.63) is 26.6 Å². The number of thiophene rings is 1. The number of thiol groups is 1. The average Bonchev–Trinajstić information content (AvgIpc) is 2.66. The Hall–Kier alpha value is -0.810. The fraction of sp³-hybridized carbons (Fsp3) is 0.500. The van der Waals surface area contributed by atoms with Gasteiger partial charge < -0.3 is 4.98 Å². The second kappa shape index (κ2) is 4.14. The largest absolute Gasteiger partial charge is 0.309 e. The Bertz CT molecular complexity index is 629. The molecule has 0 spiro atoms. The topological polar surface area (TPSA) is 45.8 Å². The zero-order valence-electron chi connectivity index (χ0n) is 9.62. The van der Waals surface area contributed by atoms with Crippen LogP contribution in [0.5, 0.6) is 0 Å². The van der Waals surface area contributed by atoms with Crippen molar-refractivity contribution in [3.8, 4) is 0 Å². The van der Waals surface area contributed by atoms with Gasteiger partial charge in [0.05, 0.1) is 5.39 Å². The van der Waals surface area contributed by atoms with Gasteiger partial charge >= 0.3 is 0 Å². The highest BCUT2D eigenvalue weighted by Gasteiger charge is 2.22. The number of hydrogen-bond donors (Lipinski definition) is 2. The second-order valence-corrected chi connectivity index (χ2v) is 6.10. The smallest absolute Gasteiger partial charge is 0.259 e. The van der Waals surface area contributed by atoms with E-state index in [2.05, 4.69) is 29.5 Å². The van der Waals surface area contributed by atoms with Crippen molar-refractivity contribution in [3.63, 3.8) is 0 Å². The maximum atomic E-state index is 12.1. The normalized spacial score (nSPS) is 19.5. The Morgan fingerprint density at radius 3 is 3.18 bits per heavy atom. The van der Waals surface area contributed by atoms with E-state index in [0.29, 0.717) is 11.6 Å². The number of aryl methyl sites for hydroxylation is 1. The Morgan fingerprint density at radius 1 is 1.59 bits per heavy atom. The highest BCUT2D eigenvalue weighted by Crippen LogP contribution is 2.35. The van der Waals surface area contributed by atoms with Crippen molar-refractivity contribution >= 4 is 34.2 Å². The number of hydrogen-bond acceptors (Lipinski definition) is 4. The van der Waals surface area contributed by atoms with Gasteiger partial charge in [-0.3, -0.25) is 4.79 Å². The first-order valence-corrected chi connectivity index (χ1v) is 7.28. The molecule has 1 unspecified atom stereocenters. The molecular formula is C12H14N2OS2. The van der Waals surface area contributed by atoms with E-state index in [4.69, 9.17) is 0 Å². The van der Waals surface area contributed by atoms with Crippen molar-refractivity contribution in [1.82, 2.24) is 9.97 Å². The van der Waals surface area contributed by atoms with E-state index in [1.54, 1.807) is 11.3 Å². The van der Waals surface area contributed by atoms with Gasteiger partial charge in [-0.25, -0.2) is 4.98 Å². The molecule has 0 saturated carbocycles. The Morgan fingerprint density at radius 2 is 2.41 bits per heavy atom. The maximum Gasteiger partial charge on any atom is 0.259 e. The van der Waals surface area contributed by atoms with Crippen LogP contribution in [0.15, 0.2) is 4.79 Å². The number of rotatable bonds is 1. The van der Waals surface area contributed by atoms with E-state index in [1.165, 1.54) is 16.9 Å². The monoisotopic (exact) mass is 266 g/mol. The summed E-state index contributed by atoms with van der Waals surface area (Å²) in [7, 11) is 0. The quantitative estimate of drug-likeness (QED) is 0.779. The van der Waals surface area contributed by atoms with E-state index in [1.807, 2.05) is 0 Å². The number of aromatic nitrogens is 2. The molecule has 2 aromatic heterocycles. The first-order chi connectivity index (χ1) is 8.19. The van der Waals surface area contributed by atoms with Gasteiger partial charge in [-0.2, -0.15) is 12.6 Å². The fourth-order valence-corrected chi connectivity index (χ4v) is 4.02. The first kappa shape index (κ1) is 11.3. The average molecular weight is 266 g/mol. The summed E-state index contributed by atoms with van der Waals surface area (Å²) in [6.45, 7) is 2.27. The molecule has 1 atom stereocenters. The standard InChI is InChI=1S/C12H14N2OS2/c1-6-2-3-7-8(4-6)17-12-10(7)11(15)13-9(5-16)14-12/h6,16H,2-5H2,1H3,(H,13,14,15). The Balaban J connectivity index is 2.28. The molecule has 0 aliphatic heterocycles. The minimum Gasteiger partial charge on any atom is -0.309 e. The third kappa shape index (κ3) is 1.81. The predicted octanol–water partition coefficient (Wildman–Crippen LogP) is 2.54. The number of nitrogens with one attached hydrogen (secondary N) is 1. The zero-order valence-corrected chi connectivity index (χ0v) is 11.3. The lowest BCUT2D eigenvalue weighted by Gasteiger charge is -2.17. The molecule has 0 amide bonds. The molecule has 3 rings (SSSR count). The number of H-pyrrole nitrogens is 1. The minimum atomic E-state index is 0.00565. The molecule has 0 radical (unpaired) electrons. The molecule has 0 bridgehead atoms. The van der Waals surface area contributed by atoms with Crippen LogP contribution in [-0.4, -0.2) is 9.97 Å². The van der Waals surface area contributed by atoms with Crippen LogP contribution in [0, 0.1) is 5.92 Å². The van der Waals surface area contributed by atoms with Crippen molar-refractivity contribution in [1.29, 1.82) is 0 Å². The Kier molecular flexibility index (Phi) is 2.75. The number of nitrogens with zero attached hydrogens (tertiary/aromatic N) is 1. The molecule has 17 heavy (non-hydrogen) atoms. The summed E-state index contributed by atoms with van der Waals surface area (Å²) in [5.74, 6) is 1.86. The third-order valence-electron chi connectivity index (χ3n) is 3.36. The van der Waals surface area contributed by atoms with E-state index in [9.17, 15) is 4.79 Å². The lowest BCUT2D eigenvalue weighted by Crippen LogP contribution is -2.14. The fourth-order valence-electron chi connectivity index (χ4n) is 2.47. The van der Waals surface area contributed by atoms with Crippen molar-refractivity contribution in [2.24, 2.45) is 5.92 Å². The summed E-state index contributed by atoms with van der Waals surface area (Å²) >= 11 is 5.84. The van der Waals surface area contributed by atoms with E-state index >= 15 is 0 Å². The molecule has 1 aliphatic rings. The van der Waals surface area contributed by atoms with Crippen LogP contribution < -0.4 is 5.56 Å². The minimum absolute atomic E-state index is 0.00565. The van der Waals surface area contributed by atoms with Crippen molar-refractivity contribution < 1.29 is 0 Å². The summed E-state index contributed by atoms with van der Waals surface area (Å²) in [6, 6.07) is 0. The zero-order chi connectivity index (χ0) is 12.0. The van der Waals surface area contributed by atoms with E-state index in [-0.39, 0.29) is 5.56 Å². The van der Waals surface area contributed by atoms with E-state index in [0.717, 1.165) is 29.0 Å². The Labute approximate surface area is 109 Å². The highest BCUT2D eigenvalue weighted by atomic mass is 32.1. The molecule has 2 heterocycles. The SMILES string of the molecule is CC1CCc2c(sc3nc(CS)[nH]c(=O)c23)C1. The maximum absolute atomic E-state index is 12.1. The van der Waals surface area contributed by atoms with Crippen LogP contribution in [0.1, 0.15) is 29.6 Å². The van der Waals surface area contributed by atoms with Crippen LogP contribution in [0.2, 0.25) is 0 Å². The molecule has 0 saturated heterocycles. The predicted molar refractivity (Wildman–Crippen MR) is 74.1 cm³/mol. The molecule has 5 heteroatoms. The van der Waals surface area contributed by atoms with Crippen LogP contribution >= 0.6 is 24.0 Å². The van der Waals surface area contributed by atoms with Gasteiger partial charge in [0.25, 0.3) is 5.56 Å². The van der Waals surface area contributed by atoms with E-state index < -0.39 is 0 Å². The number of fused-ring (bicyclic) bond motifs is 3. The summed E-state index contributed by atoms with van der Waals surface area (Å²) in [5.41, 5.74) is 1.24. The highest BCUT2D eigenvalue weighted by molar-refractivity contribution is 7.79. The van der Waals surface area contributed by atoms with Crippen LogP contribution in [0.25, 0.3) is 10.2 Å². The van der Waals surface area contributed by atoms with Crippen LogP contribution in [0.3, 0.4) is 0 Å². The molecule has 1 aliphatic carbocycles. The van der Waals surface area contributed by atoms with Gasteiger partial charge in [0.2, 0.25) is 0 Å². The summed E-state index contributed by atoms with van der Waals surface area (Å²) in [6.07, 6.45) is 3.28. The summed E-state index contributed by atoms with van der Waals surface area (Å²) in [5, 5.41) is 0.822. The summed E-state index contributed by atoms with van der Waals surface area (Å²) < 4.78 is 0. The van der Waals surface area contributed by atoms with Gasteiger partial charge in [0, 0.05) is 10.6 Å². The molecule has 1 N–H and O–H groups in total. The van der Waals surface area contributed by atoms with Crippen molar-refractivity contribution in [2.45, 2.75) is 31.9 Å². The molecule has 2 aromatic rings. The van der Waals surface area contributed by atoms with Gasteiger partial charge in [-0.15, -0.1) is 11.3 Å². The molecular weight excluding hydrogens is 252 g/mol. The van der Waals surface area contributed by atoms with Crippen LogP contribution in [0.4, 0.5) is 0 Å². The first-order valence-electron chi connectivity index (χ1n) is 5.83. The lowest BCUT2D eigenvalue weighted by atomic mass is 9.89. The lowest BCUT2D eigenvalue weighted by molar-refractivity contribution is 0.509. The number of aromatic amines is 1. The van der Waals surface area contributed by atoms with Crippen molar-refractivity contribution in [2.75, 3.05) is 0 Å².